The van der Waals surface area contributed by atoms with Crippen LogP contribution >= 0.6 is 0 Å². The van der Waals surface area contributed by atoms with Crippen molar-refractivity contribution in [1.82, 2.24) is 4.98 Å². The summed E-state index contributed by atoms with van der Waals surface area (Å²) in [6.07, 6.45) is -2.95. The zero-order chi connectivity index (χ0) is 11.6. The van der Waals surface area contributed by atoms with E-state index in [1.807, 2.05) is 0 Å². The molecule has 0 aliphatic carbocycles. The molecule has 1 aromatic rings. The number of pyridine rings is 1. The van der Waals surface area contributed by atoms with Gasteiger partial charge in [0, 0.05) is 0 Å². The molecule has 4 nitrogen and oxygen atoms in total. The van der Waals surface area contributed by atoms with Crippen LogP contribution < -0.4 is 5.73 Å². The molecule has 82 valence electrons. The van der Waals surface area contributed by atoms with Gasteiger partial charge < -0.3 is 10.5 Å². The fourth-order valence-electron chi connectivity index (χ4n) is 0.968. The SMILES string of the molecule is COC(=O)c1c(N)cc(C(F)F)nc1F. The van der Waals surface area contributed by atoms with Crippen LogP contribution in [0.2, 0.25) is 0 Å². The molecular formula is C8H7F3N2O2. The highest BCUT2D eigenvalue weighted by atomic mass is 19.3. The molecule has 0 radical (unpaired) electrons. The molecule has 0 saturated carbocycles. The molecule has 0 aromatic carbocycles. The minimum atomic E-state index is -2.95. The molecule has 0 fully saturated rings. The van der Waals surface area contributed by atoms with Crippen LogP contribution in [0.25, 0.3) is 0 Å². The standard InChI is InChI=1S/C8H7F3N2O2/c1-15-8(14)5-3(12)2-4(6(9)10)13-7(5)11/h2,6H,1H3,(H2,12,13). The lowest BCUT2D eigenvalue weighted by Crippen LogP contribution is -2.11. The van der Waals surface area contributed by atoms with Crippen molar-refractivity contribution in [2.75, 3.05) is 12.8 Å². The van der Waals surface area contributed by atoms with Crippen molar-refractivity contribution in [2.45, 2.75) is 6.43 Å². The van der Waals surface area contributed by atoms with E-state index in [1.165, 1.54) is 0 Å². The third-order valence-corrected chi connectivity index (χ3v) is 1.64. The Kier molecular flexibility index (Phi) is 3.13. The van der Waals surface area contributed by atoms with E-state index >= 15 is 0 Å². The first kappa shape index (κ1) is 11.3. The van der Waals surface area contributed by atoms with Gasteiger partial charge in [-0.3, -0.25) is 0 Å². The summed E-state index contributed by atoms with van der Waals surface area (Å²) >= 11 is 0. The summed E-state index contributed by atoms with van der Waals surface area (Å²) in [6.45, 7) is 0. The summed E-state index contributed by atoms with van der Waals surface area (Å²) in [5.41, 5.74) is 3.34. The van der Waals surface area contributed by atoms with Crippen molar-refractivity contribution in [3.05, 3.63) is 23.3 Å². The van der Waals surface area contributed by atoms with Gasteiger partial charge in [-0.15, -0.1) is 0 Å². The Hall–Kier alpha value is -1.79. The van der Waals surface area contributed by atoms with Crippen molar-refractivity contribution in [3.63, 3.8) is 0 Å². The van der Waals surface area contributed by atoms with Crippen molar-refractivity contribution >= 4 is 11.7 Å². The third kappa shape index (κ3) is 2.17. The van der Waals surface area contributed by atoms with Gasteiger partial charge >= 0.3 is 5.97 Å². The number of alkyl halides is 2. The molecule has 1 aromatic heterocycles. The van der Waals surface area contributed by atoms with E-state index in [0.29, 0.717) is 0 Å². The van der Waals surface area contributed by atoms with Gasteiger partial charge in [-0.1, -0.05) is 0 Å². The van der Waals surface area contributed by atoms with E-state index in [0.717, 1.165) is 13.2 Å². The van der Waals surface area contributed by atoms with Gasteiger partial charge in [0.1, 0.15) is 11.3 Å². The van der Waals surface area contributed by atoms with Gasteiger partial charge in [0.15, 0.2) is 0 Å². The van der Waals surface area contributed by atoms with Gasteiger partial charge in [0.2, 0.25) is 5.95 Å². The second-order valence-electron chi connectivity index (χ2n) is 2.59. The maximum atomic E-state index is 13.1. The maximum absolute atomic E-state index is 13.1. The lowest BCUT2D eigenvalue weighted by atomic mass is 10.2. The quantitative estimate of drug-likeness (QED) is 0.606. The average molecular weight is 220 g/mol. The van der Waals surface area contributed by atoms with E-state index in [-0.39, 0.29) is 0 Å². The Labute approximate surface area is 82.9 Å². The monoisotopic (exact) mass is 220 g/mol. The average Bonchev–Trinajstić information content (AvgIpc) is 2.16. The van der Waals surface area contributed by atoms with Crippen LogP contribution in [0, 0.1) is 5.95 Å². The fourth-order valence-corrected chi connectivity index (χ4v) is 0.968. The number of rotatable bonds is 2. The highest BCUT2D eigenvalue weighted by molar-refractivity contribution is 5.94. The molecule has 0 saturated heterocycles. The maximum Gasteiger partial charge on any atom is 0.344 e. The molecule has 7 heteroatoms. The smallest absolute Gasteiger partial charge is 0.344 e. The summed E-state index contributed by atoms with van der Waals surface area (Å²) in [7, 11) is 1.02. The summed E-state index contributed by atoms with van der Waals surface area (Å²) in [5, 5.41) is 0. The molecular weight excluding hydrogens is 213 g/mol. The van der Waals surface area contributed by atoms with E-state index in [9.17, 15) is 18.0 Å². The Bertz CT molecular complexity index is 372. The van der Waals surface area contributed by atoms with Gasteiger partial charge in [0.25, 0.3) is 6.43 Å². The molecule has 1 rings (SSSR count). The Morgan fingerprint density at radius 2 is 2.20 bits per heavy atom. The van der Waals surface area contributed by atoms with Crippen molar-refractivity contribution in [1.29, 1.82) is 0 Å². The minimum Gasteiger partial charge on any atom is -0.465 e. The zero-order valence-corrected chi connectivity index (χ0v) is 7.63. The van der Waals surface area contributed by atoms with Crippen LogP contribution in [0.5, 0.6) is 0 Å². The van der Waals surface area contributed by atoms with Crippen LogP contribution in [0.1, 0.15) is 22.5 Å². The molecule has 0 aliphatic heterocycles. The molecule has 0 amide bonds. The number of halogens is 3. The second-order valence-corrected chi connectivity index (χ2v) is 2.59. The first-order valence-corrected chi connectivity index (χ1v) is 3.79. The van der Waals surface area contributed by atoms with Gasteiger partial charge in [0.05, 0.1) is 12.8 Å². The van der Waals surface area contributed by atoms with E-state index in [4.69, 9.17) is 5.73 Å². The molecule has 0 aliphatic rings. The first-order valence-electron chi connectivity index (χ1n) is 3.79. The lowest BCUT2D eigenvalue weighted by molar-refractivity contribution is 0.0594. The highest BCUT2D eigenvalue weighted by Crippen LogP contribution is 2.23. The number of carbonyl (C=O) groups is 1. The number of ether oxygens (including phenoxy) is 1. The van der Waals surface area contributed by atoms with Crippen molar-refractivity contribution < 1.29 is 22.7 Å². The highest BCUT2D eigenvalue weighted by Gasteiger charge is 2.21. The summed E-state index contributed by atoms with van der Waals surface area (Å²) in [5.74, 6) is -2.42. The number of hydrogen-bond donors (Lipinski definition) is 1. The lowest BCUT2D eigenvalue weighted by Gasteiger charge is -2.06. The van der Waals surface area contributed by atoms with Gasteiger partial charge in [-0.2, -0.15) is 4.39 Å². The Morgan fingerprint density at radius 3 is 2.60 bits per heavy atom. The summed E-state index contributed by atoms with van der Waals surface area (Å²) in [6, 6.07) is 0.736. The first-order chi connectivity index (χ1) is 6.97. The van der Waals surface area contributed by atoms with E-state index < -0.39 is 35.3 Å². The summed E-state index contributed by atoms with van der Waals surface area (Å²) < 4.78 is 41.6. The Morgan fingerprint density at radius 1 is 1.60 bits per heavy atom. The van der Waals surface area contributed by atoms with Crippen LogP contribution in [-0.2, 0) is 4.74 Å². The fraction of sp³-hybridized carbons (Fsp3) is 0.250. The number of nitrogen functional groups attached to an aromatic ring is 1. The molecule has 15 heavy (non-hydrogen) atoms. The minimum absolute atomic E-state index is 0.426. The van der Waals surface area contributed by atoms with Gasteiger partial charge in [-0.25, -0.2) is 18.6 Å². The van der Waals surface area contributed by atoms with Crippen molar-refractivity contribution in [3.8, 4) is 0 Å². The van der Waals surface area contributed by atoms with Crippen LogP contribution in [0.3, 0.4) is 0 Å². The molecule has 0 atom stereocenters. The van der Waals surface area contributed by atoms with Crippen LogP contribution in [-0.4, -0.2) is 18.1 Å². The third-order valence-electron chi connectivity index (χ3n) is 1.64. The number of anilines is 1. The van der Waals surface area contributed by atoms with E-state index in [2.05, 4.69) is 9.72 Å². The van der Waals surface area contributed by atoms with Crippen molar-refractivity contribution in [2.24, 2.45) is 0 Å². The summed E-state index contributed by atoms with van der Waals surface area (Å²) in [4.78, 5) is 13.9. The second kappa shape index (κ2) is 4.16. The number of aromatic nitrogens is 1. The van der Waals surface area contributed by atoms with E-state index in [1.54, 1.807) is 0 Å². The molecule has 0 spiro atoms. The number of nitrogens with two attached hydrogens (primary N) is 1. The molecule has 2 N–H and O–H groups in total. The number of carbonyl (C=O) groups excluding carboxylic acids is 1. The number of esters is 1. The van der Waals surface area contributed by atoms with Gasteiger partial charge in [-0.05, 0) is 6.07 Å². The molecule has 0 bridgehead atoms. The predicted octanol–water partition coefficient (Wildman–Crippen LogP) is 1.53. The molecule has 1 heterocycles. The topological polar surface area (TPSA) is 65.2 Å². The number of hydrogen-bond acceptors (Lipinski definition) is 4. The molecule has 0 unspecified atom stereocenters. The Balaban J connectivity index is 3.27. The normalized spacial score (nSPS) is 10.5. The predicted molar refractivity (Wildman–Crippen MR) is 44.9 cm³/mol. The zero-order valence-electron chi connectivity index (χ0n) is 7.63. The number of methoxy groups -OCH3 is 1. The van der Waals surface area contributed by atoms with Crippen LogP contribution in [0.15, 0.2) is 6.07 Å². The number of nitrogens with zero attached hydrogens (tertiary/aromatic N) is 1. The largest absolute Gasteiger partial charge is 0.465 e. The van der Waals surface area contributed by atoms with Crippen LogP contribution in [0.4, 0.5) is 18.9 Å².